The summed E-state index contributed by atoms with van der Waals surface area (Å²) in [4.78, 5) is 20.3. The average Bonchev–Trinajstić information content (AvgIpc) is 3.28. The van der Waals surface area contributed by atoms with Gasteiger partial charge in [-0.1, -0.05) is 0 Å². The molecule has 4 rings (SSSR count). The van der Waals surface area contributed by atoms with Gasteiger partial charge in [-0.05, 0) is 26.3 Å². The Hall–Kier alpha value is -3.03. The monoisotopic (exact) mass is 350 g/mol. The minimum absolute atomic E-state index is 0.301. The maximum atomic E-state index is 4.72. The molecule has 1 unspecified atom stereocenters. The highest BCUT2D eigenvalue weighted by molar-refractivity contribution is 5.58. The topological polar surface area (TPSA) is 84.7 Å². The SMILES string of the molecule is Cc1cnc(C)c(NC2CCN(c3nccc(-c4cnn(C)c4)n3)C2)n1. The summed E-state index contributed by atoms with van der Waals surface area (Å²) in [7, 11) is 1.90. The van der Waals surface area contributed by atoms with Gasteiger partial charge in [0.25, 0.3) is 0 Å². The molecule has 3 aromatic rings. The fraction of sp³-hybridized carbons (Fsp3) is 0.389. The quantitative estimate of drug-likeness (QED) is 0.770. The summed E-state index contributed by atoms with van der Waals surface area (Å²) in [5.41, 5.74) is 3.72. The molecule has 4 heterocycles. The van der Waals surface area contributed by atoms with Gasteiger partial charge in [0, 0.05) is 50.3 Å². The highest BCUT2D eigenvalue weighted by atomic mass is 15.3. The first-order chi connectivity index (χ1) is 12.6. The summed E-state index contributed by atoms with van der Waals surface area (Å²) in [6.45, 7) is 5.68. The number of rotatable bonds is 4. The summed E-state index contributed by atoms with van der Waals surface area (Å²) in [5.74, 6) is 1.62. The Balaban J connectivity index is 1.48. The minimum Gasteiger partial charge on any atom is -0.364 e. The predicted octanol–water partition coefficient (Wildman–Crippen LogP) is 1.97. The van der Waals surface area contributed by atoms with E-state index in [-0.39, 0.29) is 0 Å². The van der Waals surface area contributed by atoms with Crippen molar-refractivity contribution in [2.24, 2.45) is 7.05 Å². The molecular weight excluding hydrogens is 328 g/mol. The molecule has 0 amide bonds. The third-order valence-electron chi connectivity index (χ3n) is 4.53. The van der Waals surface area contributed by atoms with Gasteiger partial charge in [-0.15, -0.1) is 0 Å². The number of aromatic nitrogens is 6. The third kappa shape index (κ3) is 3.35. The van der Waals surface area contributed by atoms with Crippen molar-refractivity contribution >= 4 is 11.8 Å². The van der Waals surface area contributed by atoms with Crippen LogP contribution in [0.25, 0.3) is 11.3 Å². The standard InChI is InChI=1S/C18H22N8/c1-12-8-20-13(2)17(22-12)23-15-5-7-26(11-15)18-19-6-4-16(24-18)14-9-21-25(3)10-14/h4,6,8-10,15H,5,7,11H2,1-3H3,(H,22,23). The highest BCUT2D eigenvalue weighted by Gasteiger charge is 2.25. The zero-order chi connectivity index (χ0) is 18.1. The van der Waals surface area contributed by atoms with Crippen molar-refractivity contribution in [3.63, 3.8) is 0 Å². The van der Waals surface area contributed by atoms with E-state index in [4.69, 9.17) is 4.98 Å². The van der Waals surface area contributed by atoms with Crippen molar-refractivity contribution in [2.75, 3.05) is 23.3 Å². The van der Waals surface area contributed by atoms with Crippen LogP contribution in [0.2, 0.25) is 0 Å². The Morgan fingerprint density at radius 2 is 2.04 bits per heavy atom. The third-order valence-corrected chi connectivity index (χ3v) is 4.53. The van der Waals surface area contributed by atoms with Gasteiger partial charge in [0.1, 0.15) is 5.82 Å². The first-order valence-electron chi connectivity index (χ1n) is 8.72. The molecule has 1 N–H and O–H groups in total. The Morgan fingerprint density at radius 1 is 1.15 bits per heavy atom. The van der Waals surface area contributed by atoms with Crippen LogP contribution in [0.3, 0.4) is 0 Å². The molecule has 0 radical (unpaired) electrons. The lowest BCUT2D eigenvalue weighted by Gasteiger charge is -2.18. The average molecular weight is 350 g/mol. The van der Waals surface area contributed by atoms with Crippen molar-refractivity contribution in [1.29, 1.82) is 0 Å². The fourth-order valence-electron chi connectivity index (χ4n) is 3.14. The molecule has 134 valence electrons. The van der Waals surface area contributed by atoms with E-state index < -0.39 is 0 Å². The van der Waals surface area contributed by atoms with Crippen LogP contribution in [0.4, 0.5) is 11.8 Å². The van der Waals surface area contributed by atoms with Crippen molar-refractivity contribution in [1.82, 2.24) is 29.7 Å². The number of anilines is 2. The van der Waals surface area contributed by atoms with E-state index in [1.54, 1.807) is 10.9 Å². The van der Waals surface area contributed by atoms with Crippen molar-refractivity contribution in [3.8, 4) is 11.3 Å². The molecule has 1 aliphatic heterocycles. The summed E-state index contributed by atoms with van der Waals surface area (Å²) >= 11 is 0. The maximum Gasteiger partial charge on any atom is 0.225 e. The molecule has 0 aromatic carbocycles. The summed E-state index contributed by atoms with van der Waals surface area (Å²) in [6, 6.07) is 2.22. The molecule has 1 fully saturated rings. The van der Waals surface area contributed by atoms with Crippen LogP contribution in [0, 0.1) is 13.8 Å². The molecule has 8 nitrogen and oxygen atoms in total. The Labute approximate surface area is 152 Å². The lowest BCUT2D eigenvalue weighted by molar-refractivity contribution is 0.768. The smallest absolute Gasteiger partial charge is 0.225 e. The molecule has 1 aliphatic rings. The van der Waals surface area contributed by atoms with Gasteiger partial charge in [-0.2, -0.15) is 5.10 Å². The summed E-state index contributed by atoms with van der Waals surface area (Å²) < 4.78 is 1.78. The molecule has 26 heavy (non-hydrogen) atoms. The molecule has 1 saturated heterocycles. The largest absolute Gasteiger partial charge is 0.364 e. The van der Waals surface area contributed by atoms with Gasteiger partial charge in [-0.3, -0.25) is 9.67 Å². The van der Waals surface area contributed by atoms with Crippen molar-refractivity contribution < 1.29 is 0 Å². The van der Waals surface area contributed by atoms with Crippen LogP contribution in [-0.2, 0) is 7.05 Å². The second kappa shape index (κ2) is 6.70. The zero-order valence-corrected chi connectivity index (χ0v) is 15.2. The molecule has 0 saturated carbocycles. The number of aryl methyl sites for hydroxylation is 3. The lowest BCUT2D eigenvalue weighted by atomic mass is 10.2. The van der Waals surface area contributed by atoms with Crippen LogP contribution in [0.1, 0.15) is 17.8 Å². The normalized spacial score (nSPS) is 16.9. The van der Waals surface area contributed by atoms with Gasteiger partial charge in [0.15, 0.2) is 0 Å². The molecule has 0 aliphatic carbocycles. The van der Waals surface area contributed by atoms with E-state index in [0.717, 1.165) is 53.9 Å². The first kappa shape index (κ1) is 16.4. The first-order valence-corrected chi connectivity index (χ1v) is 8.72. The molecule has 3 aromatic heterocycles. The van der Waals surface area contributed by atoms with E-state index in [1.807, 2.05) is 45.6 Å². The van der Waals surface area contributed by atoms with Crippen LogP contribution in [0.15, 0.2) is 30.9 Å². The minimum atomic E-state index is 0.301. The van der Waals surface area contributed by atoms with Crippen LogP contribution < -0.4 is 10.2 Å². The predicted molar refractivity (Wildman–Crippen MR) is 100.0 cm³/mol. The van der Waals surface area contributed by atoms with E-state index in [2.05, 4.69) is 30.3 Å². The summed E-state index contributed by atoms with van der Waals surface area (Å²) in [5, 5.41) is 7.73. The molecular formula is C18H22N8. The number of nitrogens with one attached hydrogen (secondary N) is 1. The van der Waals surface area contributed by atoms with E-state index >= 15 is 0 Å². The Kier molecular flexibility index (Phi) is 4.24. The van der Waals surface area contributed by atoms with Gasteiger partial charge >= 0.3 is 0 Å². The number of hydrogen-bond acceptors (Lipinski definition) is 7. The summed E-state index contributed by atoms with van der Waals surface area (Å²) in [6.07, 6.45) is 8.38. The van der Waals surface area contributed by atoms with E-state index in [9.17, 15) is 0 Å². The van der Waals surface area contributed by atoms with Gasteiger partial charge < -0.3 is 10.2 Å². The molecule has 8 heteroatoms. The zero-order valence-electron chi connectivity index (χ0n) is 15.2. The number of nitrogens with zero attached hydrogens (tertiary/aromatic N) is 7. The molecule has 0 spiro atoms. The highest BCUT2D eigenvalue weighted by Crippen LogP contribution is 2.22. The van der Waals surface area contributed by atoms with Crippen LogP contribution >= 0.6 is 0 Å². The molecule has 1 atom stereocenters. The lowest BCUT2D eigenvalue weighted by Crippen LogP contribution is -2.28. The van der Waals surface area contributed by atoms with Gasteiger partial charge in [0.05, 0.1) is 23.3 Å². The van der Waals surface area contributed by atoms with Crippen molar-refractivity contribution in [3.05, 3.63) is 42.2 Å². The van der Waals surface area contributed by atoms with E-state index in [1.165, 1.54) is 0 Å². The van der Waals surface area contributed by atoms with E-state index in [0.29, 0.717) is 6.04 Å². The Morgan fingerprint density at radius 3 is 2.85 bits per heavy atom. The maximum absolute atomic E-state index is 4.72. The van der Waals surface area contributed by atoms with Crippen LogP contribution in [-0.4, -0.2) is 48.8 Å². The van der Waals surface area contributed by atoms with Gasteiger partial charge in [-0.25, -0.2) is 15.0 Å². The Bertz CT molecular complexity index is 919. The second-order valence-corrected chi connectivity index (χ2v) is 6.67. The number of hydrogen-bond donors (Lipinski definition) is 1. The fourth-order valence-corrected chi connectivity index (χ4v) is 3.14. The van der Waals surface area contributed by atoms with Crippen LogP contribution in [0.5, 0.6) is 0 Å². The van der Waals surface area contributed by atoms with Gasteiger partial charge in [0.2, 0.25) is 5.95 Å². The second-order valence-electron chi connectivity index (χ2n) is 6.67. The molecule has 0 bridgehead atoms. The van der Waals surface area contributed by atoms with Crippen molar-refractivity contribution in [2.45, 2.75) is 26.3 Å².